The Hall–Kier alpha value is -2.97. The number of likely N-dealkylation sites (tertiary alicyclic amines) is 1. The molecule has 2 aromatic rings. The van der Waals surface area contributed by atoms with Crippen LogP contribution >= 0.6 is 0 Å². The lowest BCUT2D eigenvalue weighted by Gasteiger charge is -2.38. The quantitative estimate of drug-likeness (QED) is 0.347. The van der Waals surface area contributed by atoms with Gasteiger partial charge in [-0.3, -0.25) is 4.79 Å². The summed E-state index contributed by atoms with van der Waals surface area (Å²) in [6, 6.07) is 22.3. The van der Waals surface area contributed by atoms with Gasteiger partial charge in [0.2, 0.25) is 0 Å². The number of carbonyl (C=O) groups excluding carboxylic acids is 2. The first-order valence-corrected chi connectivity index (χ1v) is 13.0. The van der Waals surface area contributed by atoms with Gasteiger partial charge < -0.3 is 5.73 Å². The van der Waals surface area contributed by atoms with Crippen molar-refractivity contribution in [2.75, 3.05) is 13.1 Å². The predicted molar refractivity (Wildman–Crippen MR) is 139 cm³/mol. The van der Waals surface area contributed by atoms with Crippen LogP contribution in [-0.4, -0.2) is 35.4 Å². The third kappa shape index (κ3) is 5.65. The second-order valence-electron chi connectivity index (χ2n) is 10.5. The van der Waals surface area contributed by atoms with Crippen LogP contribution in [0.1, 0.15) is 76.3 Å². The van der Waals surface area contributed by atoms with E-state index in [0.717, 1.165) is 18.4 Å². The van der Waals surface area contributed by atoms with Crippen LogP contribution in [0, 0.1) is 17.2 Å². The predicted octanol–water partition coefficient (Wildman–Crippen LogP) is 5.46. The molecule has 0 spiro atoms. The lowest BCUT2D eigenvalue weighted by Crippen LogP contribution is -2.61. The van der Waals surface area contributed by atoms with Gasteiger partial charge in [0.25, 0.3) is 5.91 Å². The Bertz CT molecular complexity index is 1030. The number of benzene rings is 2. The minimum atomic E-state index is -0.568. The average molecular weight is 475 g/mol. The molecule has 0 saturated carbocycles. The Morgan fingerprint density at radius 3 is 2.26 bits per heavy atom. The summed E-state index contributed by atoms with van der Waals surface area (Å²) >= 11 is 0. The minimum absolute atomic E-state index is 0.112. The summed E-state index contributed by atoms with van der Waals surface area (Å²) in [5, 5.41) is 10.2. The summed E-state index contributed by atoms with van der Waals surface area (Å²) in [5.74, 6) is 0.0447. The Morgan fingerprint density at radius 2 is 1.69 bits per heavy atom. The molecule has 1 aliphatic rings. The molecule has 2 aromatic carbocycles. The largest absolute Gasteiger partial charge is 0.364 e. The second-order valence-corrected chi connectivity index (χ2v) is 10.5. The monoisotopic (exact) mass is 474 g/mol. The first-order chi connectivity index (χ1) is 16.8. The van der Waals surface area contributed by atoms with Crippen molar-refractivity contribution < 1.29 is 14.1 Å². The van der Waals surface area contributed by atoms with Gasteiger partial charge in [-0.05, 0) is 29.9 Å². The van der Waals surface area contributed by atoms with Gasteiger partial charge in [-0.1, -0.05) is 87.9 Å². The molecule has 35 heavy (non-hydrogen) atoms. The Morgan fingerprint density at radius 1 is 1.06 bits per heavy atom. The molecule has 2 amide bonds. The molecule has 2 N–H and O–H groups in total. The number of nitriles is 1. The van der Waals surface area contributed by atoms with E-state index in [1.165, 1.54) is 5.56 Å². The zero-order valence-corrected chi connectivity index (χ0v) is 21.5. The maximum Gasteiger partial charge on any atom is 0.314 e. The summed E-state index contributed by atoms with van der Waals surface area (Å²) in [6.45, 7) is 7.57. The summed E-state index contributed by atoms with van der Waals surface area (Å²) in [7, 11) is 0. The SMILES string of the molecule is CC(C[N@+]1(C(=O)CCCC[C@@](C#N)(c2ccccc2)C(C)C)CCCC1C(N)=O)c1ccccc1. The molecule has 0 radical (unpaired) electrons. The van der Waals surface area contributed by atoms with Crippen molar-refractivity contribution in [3.8, 4) is 6.07 Å². The fourth-order valence-corrected chi connectivity index (χ4v) is 6.00. The fraction of sp³-hybridized carbons (Fsp3) is 0.500. The highest BCUT2D eigenvalue weighted by molar-refractivity contribution is 5.82. The van der Waals surface area contributed by atoms with E-state index in [1.807, 2.05) is 48.5 Å². The molecule has 5 nitrogen and oxygen atoms in total. The zero-order valence-electron chi connectivity index (χ0n) is 21.5. The average Bonchev–Trinajstić information content (AvgIpc) is 3.30. The highest BCUT2D eigenvalue weighted by Crippen LogP contribution is 2.38. The number of nitrogens with two attached hydrogens (primary N) is 1. The van der Waals surface area contributed by atoms with Crippen LogP contribution in [0.15, 0.2) is 60.7 Å². The van der Waals surface area contributed by atoms with E-state index in [4.69, 9.17) is 5.73 Å². The van der Waals surface area contributed by atoms with Crippen LogP contribution in [0.5, 0.6) is 0 Å². The van der Waals surface area contributed by atoms with Crippen molar-refractivity contribution in [3.63, 3.8) is 0 Å². The van der Waals surface area contributed by atoms with Gasteiger partial charge >= 0.3 is 5.91 Å². The molecular formula is C30H40N3O2+. The fourth-order valence-electron chi connectivity index (χ4n) is 6.00. The molecule has 0 aromatic heterocycles. The van der Waals surface area contributed by atoms with E-state index in [-0.39, 0.29) is 28.1 Å². The maximum atomic E-state index is 13.7. The second kappa shape index (κ2) is 11.6. The van der Waals surface area contributed by atoms with Crippen molar-refractivity contribution in [1.29, 1.82) is 5.26 Å². The van der Waals surface area contributed by atoms with Gasteiger partial charge in [0, 0.05) is 18.8 Å². The molecule has 0 aliphatic carbocycles. The van der Waals surface area contributed by atoms with Crippen LogP contribution in [0.4, 0.5) is 0 Å². The van der Waals surface area contributed by atoms with Crippen molar-refractivity contribution in [2.24, 2.45) is 11.7 Å². The Labute approximate surface area is 210 Å². The molecule has 4 atom stereocenters. The first-order valence-electron chi connectivity index (χ1n) is 13.0. The molecule has 1 fully saturated rings. The first kappa shape index (κ1) is 26.6. The number of hydrogen-bond acceptors (Lipinski definition) is 3. The highest BCUT2D eigenvalue weighted by Gasteiger charge is 2.51. The smallest absolute Gasteiger partial charge is 0.314 e. The Balaban J connectivity index is 1.72. The van der Waals surface area contributed by atoms with Gasteiger partial charge in [0.1, 0.15) is 0 Å². The summed E-state index contributed by atoms with van der Waals surface area (Å²) in [5.41, 5.74) is 7.45. The zero-order chi connectivity index (χ0) is 25.5. The lowest BCUT2D eigenvalue weighted by atomic mass is 9.69. The van der Waals surface area contributed by atoms with Gasteiger partial charge in [0.05, 0.1) is 31.0 Å². The van der Waals surface area contributed by atoms with Crippen molar-refractivity contribution >= 4 is 11.8 Å². The summed E-state index contributed by atoms with van der Waals surface area (Å²) in [6.07, 6.45) is 4.09. The van der Waals surface area contributed by atoms with E-state index in [0.29, 0.717) is 38.8 Å². The maximum absolute atomic E-state index is 13.7. The van der Waals surface area contributed by atoms with Gasteiger partial charge in [0.15, 0.2) is 6.04 Å². The number of amides is 2. The number of quaternary nitrogens is 1. The van der Waals surface area contributed by atoms with Crippen LogP contribution in [-0.2, 0) is 15.0 Å². The highest BCUT2D eigenvalue weighted by atomic mass is 16.2. The standard InChI is InChI=1S/C30H39N3O2/c1-23(2)30(22-31,26-15-8-5-9-16-26)19-11-10-18-28(34)33(20-12-17-27(33)29(32)35)21-24(3)25-13-6-4-7-14-25/h4-9,13-16,23-24,27H,10-12,17-21H2,1-3H3,(H-,32,35)/p+1/t24?,27?,30-,33+/m0/s1. The van der Waals surface area contributed by atoms with Crippen molar-refractivity contribution in [2.45, 2.75) is 76.7 Å². The Kier molecular flexibility index (Phi) is 8.86. The molecule has 1 saturated heterocycles. The van der Waals surface area contributed by atoms with Crippen LogP contribution < -0.4 is 5.73 Å². The number of nitrogens with zero attached hydrogens (tertiary/aromatic N) is 2. The summed E-state index contributed by atoms with van der Waals surface area (Å²) < 4.78 is 0.164. The molecule has 3 rings (SSSR count). The van der Waals surface area contributed by atoms with E-state index in [2.05, 4.69) is 39.0 Å². The number of rotatable bonds is 11. The van der Waals surface area contributed by atoms with Crippen molar-refractivity contribution in [3.05, 3.63) is 71.8 Å². The van der Waals surface area contributed by atoms with Gasteiger partial charge in [-0.15, -0.1) is 0 Å². The third-order valence-corrected chi connectivity index (χ3v) is 8.11. The molecule has 0 bridgehead atoms. The molecule has 5 heteroatoms. The van der Waals surface area contributed by atoms with Crippen LogP contribution in [0.2, 0.25) is 0 Å². The van der Waals surface area contributed by atoms with Crippen LogP contribution in [0.25, 0.3) is 0 Å². The summed E-state index contributed by atoms with van der Waals surface area (Å²) in [4.78, 5) is 26.1. The number of primary amides is 1. The van der Waals surface area contributed by atoms with Crippen molar-refractivity contribution in [1.82, 2.24) is 0 Å². The van der Waals surface area contributed by atoms with Gasteiger partial charge in [-0.25, -0.2) is 9.28 Å². The lowest BCUT2D eigenvalue weighted by molar-refractivity contribution is -0.859. The molecular weight excluding hydrogens is 434 g/mol. The number of hydrogen-bond donors (Lipinski definition) is 1. The number of unbranched alkanes of at least 4 members (excludes halogenated alkanes) is 1. The molecule has 1 aliphatic heterocycles. The van der Waals surface area contributed by atoms with E-state index >= 15 is 0 Å². The number of carbonyl (C=O) groups is 2. The third-order valence-electron chi connectivity index (χ3n) is 8.11. The van der Waals surface area contributed by atoms with E-state index in [9.17, 15) is 14.9 Å². The van der Waals surface area contributed by atoms with Crippen LogP contribution in [0.3, 0.4) is 0 Å². The molecule has 2 unspecified atom stereocenters. The minimum Gasteiger partial charge on any atom is -0.364 e. The van der Waals surface area contributed by atoms with E-state index < -0.39 is 11.5 Å². The molecule has 1 heterocycles. The topological polar surface area (TPSA) is 83.9 Å². The molecule has 186 valence electrons. The van der Waals surface area contributed by atoms with Gasteiger partial charge in [-0.2, -0.15) is 5.26 Å². The van der Waals surface area contributed by atoms with E-state index in [1.54, 1.807) is 0 Å². The normalized spacial score (nSPS) is 22.3.